The zero-order chi connectivity index (χ0) is 13.4. The van der Waals surface area contributed by atoms with Crippen molar-refractivity contribution < 1.29 is 9.90 Å². The summed E-state index contributed by atoms with van der Waals surface area (Å²) in [6, 6.07) is 13.8. The summed E-state index contributed by atoms with van der Waals surface area (Å²) in [5.74, 6) is -0.835. The van der Waals surface area contributed by atoms with E-state index in [0.29, 0.717) is 0 Å². The topological polar surface area (TPSA) is 42.2 Å². The molecule has 0 spiro atoms. The van der Waals surface area contributed by atoms with Gasteiger partial charge in [0, 0.05) is 10.9 Å². The average molecular weight is 336 g/mol. The van der Waals surface area contributed by atoms with Gasteiger partial charge in [-0.3, -0.25) is 4.79 Å². The van der Waals surface area contributed by atoms with Crippen LogP contribution in [0.3, 0.4) is 0 Å². The second-order valence-electron chi connectivity index (χ2n) is 4.17. The fourth-order valence-corrected chi connectivity index (χ4v) is 3.58. The van der Waals surface area contributed by atoms with Crippen molar-refractivity contribution in [2.24, 2.45) is 0 Å². The zero-order valence-electron chi connectivity index (χ0n) is 9.84. The Labute approximate surface area is 122 Å². The summed E-state index contributed by atoms with van der Waals surface area (Å²) < 4.78 is 2.88. The standard InChI is InChI=1S/C14H10BrNO2S/c15-13-6-5-12(19-13)11-7-9-3-1-2-4-10(9)16(11)8-14(17)18/h1-7H,8H2,(H,17,18). The van der Waals surface area contributed by atoms with Crippen molar-refractivity contribution in [1.82, 2.24) is 4.57 Å². The third kappa shape index (κ3) is 2.31. The van der Waals surface area contributed by atoms with E-state index in [2.05, 4.69) is 15.9 Å². The molecule has 96 valence electrons. The number of aliphatic carboxylic acids is 1. The molecule has 0 unspecified atom stereocenters. The molecule has 3 rings (SSSR count). The SMILES string of the molecule is O=C(O)Cn1c(-c2ccc(Br)s2)cc2ccccc21. The lowest BCUT2D eigenvalue weighted by Crippen LogP contribution is -2.09. The average Bonchev–Trinajstić information content (AvgIpc) is 2.94. The van der Waals surface area contributed by atoms with Crippen molar-refractivity contribution in [3.05, 3.63) is 46.3 Å². The van der Waals surface area contributed by atoms with Crippen LogP contribution in [0.2, 0.25) is 0 Å². The molecule has 5 heteroatoms. The number of hydrogen-bond donors (Lipinski definition) is 1. The monoisotopic (exact) mass is 335 g/mol. The highest BCUT2D eigenvalue weighted by Crippen LogP contribution is 2.34. The third-order valence-electron chi connectivity index (χ3n) is 2.93. The molecule has 2 heterocycles. The molecule has 0 atom stereocenters. The summed E-state index contributed by atoms with van der Waals surface area (Å²) in [6.07, 6.45) is 0. The van der Waals surface area contributed by atoms with Gasteiger partial charge in [-0.25, -0.2) is 0 Å². The normalized spacial score (nSPS) is 11.0. The van der Waals surface area contributed by atoms with Crippen molar-refractivity contribution in [2.45, 2.75) is 6.54 Å². The summed E-state index contributed by atoms with van der Waals surface area (Å²) in [4.78, 5) is 12.1. The summed E-state index contributed by atoms with van der Waals surface area (Å²) in [6.45, 7) is -0.0294. The first kappa shape index (κ1) is 12.4. The molecule has 3 nitrogen and oxygen atoms in total. The van der Waals surface area contributed by atoms with Crippen molar-refractivity contribution in [1.29, 1.82) is 0 Å². The van der Waals surface area contributed by atoms with Crippen molar-refractivity contribution in [2.75, 3.05) is 0 Å². The summed E-state index contributed by atoms with van der Waals surface area (Å²) >= 11 is 5.04. The maximum absolute atomic E-state index is 11.1. The molecule has 1 N–H and O–H groups in total. The fourth-order valence-electron chi connectivity index (χ4n) is 2.17. The van der Waals surface area contributed by atoms with Crippen LogP contribution in [0.4, 0.5) is 0 Å². The minimum atomic E-state index is -0.835. The minimum Gasteiger partial charge on any atom is -0.480 e. The molecular formula is C14H10BrNO2S. The highest BCUT2D eigenvalue weighted by Gasteiger charge is 2.14. The Morgan fingerprint density at radius 3 is 2.74 bits per heavy atom. The first-order chi connectivity index (χ1) is 9.15. The van der Waals surface area contributed by atoms with E-state index in [1.807, 2.05) is 47.0 Å². The van der Waals surface area contributed by atoms with Crippen molar-refractivity contribution >= 4 is 44.1 Å². The molecule has 3 aromatic rings. The third-order valence-corrected chi connectivity index (χ3v) is 4.58. The van der Waals surface area contributed by atoms with Crippen LogP contribution in [-0.4, -0.2) is 15.6 Å². The highest BCUT2D eigenvalue weighted by molar-refractivity contribution is 9.11. The second kappa shape index (κ2) is 4.83. The first-order valence-corrected chi connectivity index (χ1v) is 7.32. The predicted octanol–water partition coefficient (Wildman–Crippen LogP) is 4.22. The van der Waals surface area contributed by atoms with Gasteiger partial charge in [-0.05, 0) is 40.2 Å². The van der Waals surface area contributed by atoms with Crippen LogP contribution < -0.4 is 0 Å². The van der Waals surface area contributed by atoms with Crippen molar-refractivity contribution in [3.8, 4) is 10.6 Å². The lowest BCUT2D eigenvalue weighted by Gasteiger charge is -2.06. The number of aromatic nitrogens is 1. The number of thiophene rings is 1. The Bertz CT molecular complexity index is 760. The quantitative estimate of drug-likeness (QED) is 0.778. The molecule has 19 heavy (non-hydrogen) atoms. The Balaban J connectivity index is 2.25. The maximum atomic E-state index is 11.1. The van der Waals surface area contributed by atoms with Gasteiger partial charge in [0.25, 0.3) is 0 Å². The number of rotatable bonds is 3. The molecule has 0 radical (unpaired) electrons. The lowest BCUT2D eigenvalue weighted by molar-refractivity contribution is -0.137. The molecule has 0 saturated heterocycles. The number of carboxylic acids is 1. The number of halogens is 1. The zero-order valence-corrected chi connectivity index (χ0v) is 12.2. The van der Waals surface area contributed by atoms with Gasteiger partial charge in [-0.1, -0.05) is 18.2 Å². The van der Waals surface area contributed by atoms with E-state index in [9.17, 15) is 4.79 Å². The van der Waals surface area contributed by atoms with Crippen LogP contribution in [0.25, 0.3) is 21.5 Å². The number of fused-ring (bicyclic) bond motifs is 1. The van der Waals surface area contributed by atoms with E-state index in [1.54, 1.807) is 11.3 Å². The van der Waals surface area contributed by atoms with Crippen LogP contribution in [0.5, 0.6) is 0 Å². The number of nitrogens with zero attached hydrogens (tertiary/aromatic N) is 1. The van der Waals surface area contributed by atoms with Gasteiger partial charge >= 0.3 is 5.97 Å². The molecule has 0 aliphatic carbocycles. The number of para-hydroxylation sites is 1. The molecule has 0 saturated carbocycles. The van der Waals surface area contributed by atoms with Gasteiger partial charge in [0.05, 0.1) is 14.4 Å². The predicted molar refractivity (Wildman–Crippen MR) is 80.6 cm³/mol. The summed E-state index contributed by atoms with van der Waals surface area (Å²) in [7, 11) is 0. The lowest BCUT2D eigenvalue weighted by atomic mass is 10.2. The van der Waals surface area contributed by atoms with Gasteiger partial charge < -0.3 is 9.67 Å². The second-order valence-corrected chi connectivity index (χ2v) is 6.64. The molecule has 0 fully saturated rings. The smallest absolute Gasteiger partial charge is 0.323 e. The van der Waals surface area contributed by atoms with E-state index in [1.165, 1.54) is 0 Å². The Morgan fingerprint density at radius 2 is 2.05 bits per heavy atom. The van der Waals surface area contributed by atoms with Gasteiger partial charge in [-0.2, -0.15) is 0 Å². The van der Waals surface area contributed by atoms with Crippen molar-refractivity contribution in [3.63, 3.8) is 0 Å². The Kier molecular flexibility index (Phi) is 3.16. The van der Waals surface area contributed by atoms with Crippen LogP contribution in [0.1, 0.15) is 0 Å². The fraction of sp³-hybridized carbons (Fsp3) is 0.0714. The Morgan fingerprint density at radius 1 is 1.26 bits per heavy atom. The van der Waals surface area contributed by atoms with E-state index in [-0.39, 0.29) is 6.54 Å². The van der Waals surface area contributed by atoms with E-state index in [4.69, 9.17) is 5.11 Å². The van der Waals surface area contributed by atoms with Gasteiger partial charge in [-0.15, -0.1) is 11.3 Å². The number of benzene rings is 1. The molecule has 0 amide bonds. The summed E-state index contributed by atoms with van der Waals surface area (Å²) in [5, 5.41) is 10.2. The number of carbonyl (C=O) groups is 1. The molecule has 2 aromatic heterocycles. The largest absolute Gasteiger partial charge is 0.480 e. The molecule has 0 aliphatic heterocycles. The van der Waals surface area contributed by atoms with Gasteiger partial charge in [0.2, 0.25) is 0 Å². The maximum Gasteiger partial charge on any atom is 0.323 e. The van der Waals surface area contributed by atoms with Gasteiger partial charge in [0.15, 0.2) is 0 Å². The van der Waals surface area contributed by atoms with E-state index >= 15 is 0 Å². The van der Waals surface area contributed by atoms with Crippen LogP contribution in [0, 0.1) is 0 Å². The number of hydrogen-bond acceptors (Lipinski definition) is 2. The Hall–Kier alpha value is -1.59. The van der Waals surface area contributed by atoms with Crippen LogP contribution >= 0.6 is 27.3 Å². The molecule has 0 bridgehead atoms. The van der Waals surface area contributed by atoms with Crippen LogP contribution in [0.15, 0.2) is 46.3 Å². The first-order valence-electron chi connectivity index (χ1n) is 5.71. The van der Waals surface area contributed by atoms with Crippen LogP contribution in [-0.2, 0) is 11.3 Å². The molecule has 1 aromatic carbocycles. The highest BCUT2D eigenvalue weighted by atomic mass is 79.9. The minimum absolute atomic E-state index is 0.0294. The van der Waals surface area contributed by atoms with E-state index in [0.717, 1.165) is 25.3 Å². The number of carboxylic acid groups (broad SMARTS) is 1. The molecular weight excluding hydrogens is 326 g/mol. The van der Waals surface area contributed by atoms with E-state index < -0.39 is 5.97 Å². The summed E-state index contributed by atoms with van der Waals surface area (Å²) in [5.41, 5.74) is 1.89. The molecule has 0 aliphatic rings. The van der Waals surface area contributed by atoms with Gasteiger partial charge in [0.1, 0.15) is 6.54 Å².